The highest BCUT2D eigenvalue weighted by atomic mass is 15.4. The third-order valence-electron chi connectivity index (χ3n) is 3.06. The van der Waals surface area contributed by atoms with Crippen LogP contribution in [0.15, 0.2) is 35.4 Å². The molecule has 2 aromatic rings. The molecule has 0 spiro atoms. The molecule has 0 saturated heterocycles. The van der Waals surface area contributed by atoms with E-state index in [4.69, 9.17) is 0 Å². The number of aromatic nitrogens is 2. The smallest absolute Gasteiger partial charge is 0.243 e. The van der Waals surface area contributed by atoms with Crippen molar-refractivity contribution in [1.82, 2.24) is 9.97 Å². The fourth-order valence-corrected chi connectivity index (χ4v) is 1.86. The zero-order valence-electron chi connectivity index (χ0n) is 12.4. The van der Waals surface area contributed by atoms with Crippen LogP contribution in [-0.4, -0.2) is 15.7 Å². The van der Waals surface area contributed by atoms with Crippen molar-refractivity contribution < 1.29 is 0 Å². The maximum absolute atomic E-state index is 4.40. The number of benzene rings is 1. The third kappa shape index (κ3) is 3.63. The Morgan fingerprint density at radius 1 is 1.15 bits per heavy atom. The summed E-state index contributed by atoms with van der Waals surface area (Å²) < 4.78 is 0. The van der Waals surface area contributed by atoms with Gasteiger partial charge in [0.25, 0.3) is 0 Å². The monoisotopic (exact) mass is 268 g/mol. The number of nitrogens with one attached hydrogen (secondary N) is 1. The van der Waals surface area contributed by atoms with Gasteiger partial charge in [-0.3, -0.25) is 0 Å². The molecule has 4 nitrogen and oxygen atoms in total. The molecule has 4 heteroatoms. The average molecular weight is 268 g/mol. The Morgan fingerprint density at radius 3 is 2.50 bits per heavy atom. The zero-order valence-corrected chi connectivity index (χ0v) is 12.4. The molecule has 1 aromatic heterocycles. The second-order valence-electron chi connectivity index (χ2n) is 4.85. The lowest BCUT2D eigenvalue weighted by atomic mass is 10.1. The molecule has 0 radical (unpaired) electrons. The molecule has 1 aromatic carbocycles. The van der Waals surface area contributed by atoms with Crippen molar-refractivity contribution in [3.8, 4) is 0 Å². The van der Waals surface area contributed by atoms with E-state index < -0.39 is 0 Å². The molecule has 0 fully saturated rings. The number of aryl methyl sites for hydroxylation is 3. The molecule has 0 aliphatic rings. The van der Waals surface area contributed by atoms with Gasteiger partial charge in [0.2, 0.25) is 5.95 Å². The van der Waals surface area contributed by atoms with Crippen molar-refractivity contribution in [3.63, 3.8) is 0 Å². The summed E-state index contributed by atoms with van der Waals surface area (Å²) in [5.41, 5.74) is 8.14. The molecule has 104 valence electrons. The lowest BCUT2D eigenvalue weighted by Crippen LogP contribution is -2.04. The van der Waals surface area contributed by atoms with Crippen LogP contribution >= 0.6 is 0 Å². The number of nitrogens with zero attached hydrogens (tertiary/aromatic N) is 3. The molecular weight excluding hydrogens is 248 g/mol. The van der Waals surface area contributed by atoms with Gasteiger partial charge in [0, 0.05) is 11.4 Å². The highest BCUT2D eigenvalue weighted by Gasteiger charge is 2.01. The predicted octanol–water partition coefficient (Wildman–Crippen LogP) is 3.49. The molecule has 1 N–H and O–H groups in total. The highest BCUT2D eigenvalue weighted by molar-refractivity contribution is 5.99. The minimum Gasteiger partial charge on any atom is -0.245 e. The van der Waals surface area contributed by atoms with E-state index in [2.05, 4.69) is 58.6 Å². The first-order valence-corrected chi connectivity index (χ1v) is 6.80. The summed E-state index contributed by atoms with van der Waals surface area (Å²) in [6, 6.07) is 10.3. The molecule has 2 rings (SSSR count). The maximum atomic E-state index is 4.40. The maximum Gasteiger partial charge on any atom is 0.243 e. The zero-order chi connectivity index (χ0) is 14.5. The molecule has 1 heterocycles. The van der Waals surface area contributed by atoms with E-state index in [9.17, 15) is 0 Å². The Balaban J connectivity index is 2.16. The highest BCUT2D eigenvalue weighted by Crippen LogP contribution is 2.07. The SMILES string of the molecule is CCc1cc(C)nc(NN=C(C)c2ccc(C)cc2)n1. The van der Waals surface area contributed by atoms with Gasteiger partial charge < -0.3 is 0 Å². The van der Waals surface area contributed by atoms with Gasteiger partial charge in [-0.1, -0.05) is 36.8 Å². The van der Waals surface area contributed by atoms with Crippen LogP contribution in [0, 0.1) is 13.8 Å². The van der Waals surface area contributed by atoms with Crippen LogP contribution < -0.4 is 5.43 Å². The van der Waals surface area contributed by atoms with Crippen molar-refractivity contribution in [2.75, 3.05) is 5.43 Å². The third-order valence-corrected chi connectivity index (χ3v) is 3.06. The fourth-order valence-electron chi connectivity index (χ4n) is 1.86. The van der Waals surface area contributed by atoms with Crippen molar-refractivity contribution in [2.24, 2.45) is 5.10 Å². The molecule has 0 unspecified atom stereocenters. The molecule has 0 saturated carbocycles. The van der Waals surface area contributed by atoms with E-state index in [-0.39, 0.29) is 0 Å². The quantitative estimate of drug-likeness (QED) is 0.682. The Morgan fingerprint density at radius 2 is 1.85 bits per heavy atom. The van der Waals surface area contributed by atoms with Crippen molar-refractivity contribution in [1.29, 1.82) is 0 Å². The molecular formula is C16H20N4. The van der Waals surface area contributed by atoms with Gasteiger partial charge in [-0.25, -0.2) is 15.4 Å². The van der Waals surface area contributed by atoms with E-state index in [1.165, 1.54) is 5.56 Å². The van der Waals surface area contributed by atoms with Crippen LogP contribution in [0.1, 0.15) is 36.4 Å². The topological polar surface area (TPSA) is 50.2 Å². The number of anilines is 1. The fraction of sp³-hybridized carbons (Fsp3) is 0.312. The van der Waals surface area contributed by atoms with E-state index in [0.29, 0.717) is 5.95 Å². The largest absolute Gasteiger partial charge is 0.245 e. The number of hydrogen-bond donors (Lipinski definition) is 1. The van der Waals surface area contributed by atoms with E-state index in [1.807, 2.05) is 19.9 Å². The summed E-state index contributed by atoms with van der Waals surface area (Å²) in [6.45, 7) is 8.07. The molecule has 0 aliphatic carbocycles. The number of hydrazone groups is 1. The van der Waals surface area contributed by atoms with Gasteiger partial charge in [-0.2, -0.15) is 5.10 Å². The first-order chi connectivity index (χ1) is 9.58. The van der Waals surface area contributed by atoms with Crippen molar-refractivity contribution >= 4 is 11.7 Å². The first-order valence-electron chi connectivity index (χ1n) is 6.80. The van der Waals surface area contributed by atoms with Crippen molar-refractivity contribution in [3.05, 3.63) is 52.8 Å². The number of hydrogen-bond acceptors (Lipinski definition) is 4. The van der Waals surface area contributed by atoms with Gasteiger partial charge in [-0.05, 0) is 38.8 Å². The second kappa shape index (κ2) is 6.28. The summed E-state index contributed by atoms with van der Waals surface area (Å²) in [7, 11) is 0. The predicted molar refractivity (Wildman–Crippen MR) is 83.2 cm³/mol. The minimum atomic E-state index is 0.549. The molecule has 0 aliphatic heterocycles. The first kappa shape index (κ1) is 14.2. The Bertz CT molecular complexity index is 615. The van der Waals surface area contributed by atoms with Gasteiger partial charge in [0.1, 0.15) is 0 Å². The normalized spacial score (nSPS) is 11.5. The van der Waals surface area contributed by atoms with E-state index in [1.54, 1.807) is 0 Å². The van der Waals surface area contributed by atoms with Crippen LogP contribution in [-0.2, 0) is 6.42 Å². The van der Waals surface area contributed by atoms with Gasteiger partial charge in [0.15, 0.2) is 0 Å². The van der Waals surface area contributed by atoms with Gasteiger partial charge in [-0.15, -0.1) is 0 Å². The summed E-state index contributed by atoms with van der Waals surface area (Å²) in [4.78, 5) is 8.73. The lowest BCUT2D eigenvalue weighted by molar-refractivity contribution is 0.969. The molecule has 0 atom stereocenters. The Labute approximate surface area is 120 Å². The molecule has 20 heavy (non-hydrogen) atoms. The van der Waals surface area contributed by atoms with Crippen LogP contribution in [0.3, 0.4) is 0 Å². The molecule has 0 amide bonds. The summed E-state index contributed by atoms with van der Waals surface area (Å²) in [5.74, 6) is 0.549. The summed E-state index contributed by atoms with van der Waals surface area (Å²) in [5, 5.41) is 4.35. The minimum absolute atomic E-state index is 0.549. The van der Waals surface area contributed by atoms with Crippen LogP contribution in [0.4, 0.5) is 5.95 Å². The van der Waals surface area contributed by atoms with E-state index in [0.717, 1.165) is 29.1 Å². The molecule has 0 bridgehead atoms. The Kier molecular flexibility index (Phi) is 4.45. The summed E-state index contributed by atoms with van der Waals surface area (Å²) >= 11 is 0. The average Bonchev–Trinajstić information content (AvgIpc) is 2.45. The van der Waals surface area contributed by atoms with Crippen LogP contribution in [0.2, 0.25) is 0 Å². The van der Waals surface area contributed by atoms with Gasteiger partial charge in [0.05, 0.1) is 5.71 Å². The van der Waals surface area contributed by atoms with Crippen molar-refractivity contribution in [2.45, 2.75) is 34.1 Å². The lowest BCUT2D eigenvalue weighted by Gasteiger charge is -2.05. The summed E-state index contributed by atoms with van der Waals surface area (Å²) in [6.07, 6.45) is 0.888. The van der Waals surface area contributed by atoms with Crippen LogP contribution in [0.25, 0.3) is 0 Å². The van der Waals surface area contributed by atoms with E-state index >= 15 is 0 Å². The Hall–Kier alpha value is -2.23. The standard InChI is InChI=1S/C16H20N4/c1-5-15-10-12(3)17-16(18-15)20-19-13(4)14-8-6-11(2)7-9-14/h6-10H,5H2,1-4H3,(H,17,18,20). The second-order valence-corrected chi connectivity index (χ2v) is 4.85. The van der Waals surface area contributed by atoms with Gasteiger partial charge >= 0.3 is 0 Å². The number of rotatable bonds is 4. The van der Waals surface area contributed by atoms with Crippen LogP contribution in [0.5, 0.6) is 0 Å².